The van der Waals surface area contributed by atoms with Gasteiger partial charge in [0.15, 0.2) is 5.96 Å². The van der Waals surface area contributed by atoms with Gasteiger partial charge in [-0.1, -0.05) is 0 Å². The fourth-order valence-corrected chi connectivity index (χ4v) is 3.10. The van der Waals surface area contributed by atoms with Crippen LogP contribution >= 0.6 is 24.0 Å². The van der Waals surface area contributed by atoms with Gasteiger partial charge in [0, 0.05) is 31.6 Å². The quantitative estimate of drug-likeness (QED) is 0.310. The minimum Gasteiger partial charge on any atom is -0.469 e. The molecule has 3 N–H and O–H groups in total. The van der Waals surface area contributed by atoms with Gasteiger partial charge in [0.25, 0.3) is 0 Å². The van der Waals surface area contributed by atoms with E-state index >= 15 is 0 Å². The van der Waals surface area contributed by atoms with Gasteiger partial charge in [0.05, 0.1) is 6.26 Å². The number of nitrogens with one attached hydrogen (secondary N) is 3. The van der Waals surface area contributed by atoms with Gasteiger partial charge in [0.2, 0.25) is 0 Å². The second-order valence-electron chi connectivity index (χ2n) is 7.93. The first-order chi connectivity index (χ1) is 12.9. The maximum atomic E-state index is 11.9. The highest BCUT2D eigenvalue weighted by Gasteiger charge is 2.25. The minimum absolute atomic E-state index is 0. The number of halogens is 1. The molecule has 1 fully saturated rings. The number of guanidine groups is 1. The zero-order valence-electron chi connectivity index (χ0n) is 17.4. The number of hydrogen-bond donors (Lipinski definition) is 3. The molecule has 8 heteroatoms. The summed E-state index contributed by atoms with van der Waals surface area (Å²) in [4.78, 5) is 16.5. The Labute approximate surface area is 185 Å². The van der Waals surface area contributed by atoms with Crippen LogP contribution in [0.1, 0.15) is 59.1 Å². The number of carbonyl (C=O) groups is 1. The predicted molar refractivity (Wildman–Crippen MR) is 122 cm³/mol. The van der Waals surface area contributed by atoms with Crippen LogP contribution in [0, 0.1) is 0 Å². The van der Waals surface area contributed by atoms with Gasteiger partial charge in [0.1, 0.15) is 11.4 Å². The van der Waals surface area contributed by atoms with Crippen molar-refractivity contribution in [3.8, 4) is 0 Å². The van der Waals surface area contributed by atoms with Gasteiger partial charge in [-0.25, -0.2) is 4.79 Å². The number of carbonyl (C=O) groups excluding carboxylic acids is 1. The number of aliphatic imine (C=N–C) groups is 1. The van der Waals surface area contributed by atoms with Crippen LogP contribution in [0.3, 0.4) is 0 Å². The minimum atomic E-state index is -0.463. The lowest BCUT2D eigenvalue weighted by Gasteiger charge is -2.31. The molecule has 1 amide bonds. The Kier molecular flexibility index (Phi) is 10.7. The molecule has 0 saturated heterocycles. The van der Waals surface area contributed by atoms with E-state index < -0.39 is 5.60 Å². The third kappa shape index (κ3) is 9.66. The number of nitrogens with zero attached hydrogens (tertiary/aromatic N) is 1. The summed E-state index contributed by atoms with van der Waals surface area (Å²) in [6.45, 7) is 9.19. The highest BCUT2D eigenvalue weighted by Crippen LogP contribution is 2.19. The molecule has 0 aliphatic heterocycles. The van der Waals surface area contributed by atoms with E-state index in [1.54, 1.807) is 6.26 Å². The largest absolute Gasteiger partial charge is 0.469 e. The van der Waals surface area contributed by atoms with Crippen molar-refractivity contribution in [3.05, 3.63) is 24.2 Å². The number of furan rings is 1. The van der Waals surface area contributed by atoms with Crippen molar-refractivity contribution in [2.45, 2.75) is 77.5 Å². The van der Waals surface area contributed by atoms with E-state index in [0.29, 0.717) is 12.6 Å². The Bertz CT molecular complexity index is 591. The molecule has 160 valence electrons. The molecule has 0 aromatic carbocycles. The summed E-state index contributed by atoms with van der Waals surface area (Å²) in [5.41, 5.74) is -0.463. The first-order valence-electron chi connectivity index (χ1n) is 9.92. The van der Waals surface area contributed by atoms with Gasteiger partial charge in [-0.15, -0.1) is 24.0 Å². The fourth-order valence-electron chi connectivity index (χ4n) is 3.10. The number of amides is 1. The standard InChI is InChI=1S/C20H34N4O3.HI/c1-5-21-18(22-13-12-17-7-6-14-26-17)23-15-8-10-16(11-9-15)24-19(25)27-20(2,3)4;/h6-7,14-16H,5,8-13H2,1-4H3,(H,24,25)(H2,21,22,23);1H. The summed E-state index contributed by atoms with van der Waals surface area (Å²) in [6, 6.07) is 4.40. The van der Waals surface area contributed by atoms with E-state index in [1.807, 2.05) is 32.9 Å². The molecule has 1 aromatic rings. The molecule has 1 aliphatic rings. The molecular weight excluding hydrogens is 471 g/mol. The lowest BCUT2D eigenvalue weighted by atomic mass is 9.91. The molecule has 1 saturated carbocycles. The number of alkyl carbamates (subject to hydrolysis) is 1. The molecule has 7 nitrogen and oxygen atoms in total. The topological polar surface area (TPSA) is 87.9 Å². The fraction of sp³-hybridized carbons (Fsp3) is 0.700. The van der Waals surface area contributed by atoms with Crippen LogP contribution in [0.15, 0.2) is 27.8 Å². The van der Waals surface area contributed by atoms with Crippen LogP contribution < -0.4 is 16.0 Å². The highest BCUT2D eigenvalue weighted by molar-refractivity contribution is 14.0. The van der Waals surface area contributed by atoms with Crippen molar-refractivity contribution >= 4 is 36.0 Å². The van der Waals surface area contributed by atoms with E-state index in [9.17, 15) is 4.79 Å². The lowest BCUT2D eigenvalue weighted by molar-refractivity contribution is 0.0490. The summed E-state index contributed by atoms with van der Waals surface area (Å²) in [5, 5.41) is 9.79. The molecule has 0 unspecified atom stereocenters. The monoisotopic (exact) mass is 506 g/mol. The Hall–Kier alpha value is -1.45. The number of hydrogen-bond acceptors (Lipinski definition) is 4. The van der Waals surface area contributed by atoms with Crippen molar-refractivity contribution in [1.82, 2.24) is 16.0 Å². The zero-order valence-corrected chi connectivity index (χ0v) is 19.7. The normalized spacial score (nSPS) is 20.1. The first kappa shape index (κ1) is 24.6. The summed E-state index contributed by atoms with van der Waals surface area (Å²) < 4.78 is 10.7. The van der Waals surface area contributed by atoms with Gasteiger partial charge in [-0.05, 0) is 65.5 Å². The average Bonchev–Trinajstić information content (AvgIpc) is 3.08. The van der Waals surface area contributed by atoms with Crippen molar-refractivity contribution in [2.75, 3.05) is 13.1 Å². The van der Waals surface area contributed by atoms with Crippen molar-refractivity contribution in [2.24, 2.45) is 4.99 Å². The smallest absolute Gasteiger partial charge is 0.407 e. The second kappa shape index (κ2) is 12.2. The van der Waals surface area contributed by atoms with Crippen molar-refractivity contribution in [3.63, 3.8) is 0 Å². The second-order valence-corrected chi connectivity index (χ2v) is 7.93. The summed E-state index contributed by atoms with van der Waals surface area (Å²) in [7, 11) is 0. The van der Waals surface area contributed by atoms with Crippen LogP contribution in [0.25, 0.3) is 0 Å². The molecular formula is C20H35IN4O3. The summed E-state index contributed by atoms with van der Waals surface area (Å²) in [6.07, 6.45) is 5.99. The van der Waals surface area contributed by atoms with Crippen molar-refractivity contribution < 1.29 is 13.9 Å². The lowest BCUT2D eigenvalue weighted by Crippen LogP contribution is -2.48. The van der Waals surface area contributed by atoms with Gasteiger partial charge < -0.3 is 25.1 Å². The van der Waals surface area contributed by atoms with Crippen LogP contribution in [-0.2, 0) is 11.2 Å². The Morgan fingerprint density at radius 3 is 2.39 bits per heavy atom. The van der Waals surface area contributed by atoms with E-state index in [-0.39, 0.29) is 36.1 Å². The molecule has 0 radical (unpaired) electrons. The number of ether oxygens (including phenoxy) is 1. The van der Waals surface area contributed by atoms with Crippen LogP contribution in [-0.4, -0.2) is 42.8 Å². The predicted octanol–water partition coefficient (Wildman–Crippen LogP) is 3.83. The van der Waals surface area contributed by atoms with Gasteiger partial charge >= 0.3 is 6.09 Å². The number of rotatable bonds is 6. The molecule has 28 heavy (non-hydrogen) atoms. The van der Waals surface area contributed by atoms with Crippen LogP contribution in [0.2, 0.25) is 0 Å². The maximum absolute atomic E-state index is 11.9. The molecule has 0 spiro atoms. The summed E-state index contributed by atoms with van der Waals surface area (Å²) >= 11 is 0. The van der Waals surface area contributed by atoms with E-state index in [2.05, 4.69) is 27.9 Å². The van der Waals surface area contributed by atoms with E-state index in [4.69, 9.17) is 9.15 Å². The highest BCUT2D eigenvalue weighted by atomic mass is 127. The van der Waals surface area contributed by atoms with Crippen LogP contribution in [0.4, 0.5) is 4.79 Å². The molecule has 0 atom stereocenters. The molecule has 1 heterocycles. The van der Waals surface area contributed by atoms with E-state index in [1.165, 1.54) is 0 Å². The van der Waals surface area contributed by atoms with Crippen molar-refractivity contribution in [1.29, 1.82) is 0 Å². The van der Waals surface area contributed by atoms with Gasteiger partial charge in [-0.2, -0.15) is 0 Å². The Morgan fingerprint density at radius 2 is 1.86 bits per heavy atom. The molecule has 0 bridgehead atoms. The Morgan fingerprint density at radius 1 is 1.21 bits per heavy atom. The average molecular weight is 506 g/mol. The maximum Gasteiger partial charge on any atom is 0.407 e. The molecule has 1 aromatic heterocycles. The third-order valence-corrected chi connectivity index (χ3v) is 4.34. The zero-order chi connectivity index (χ0) is 19.7. The SMILES string of the molecule is CCNC(=NCCc1ccco1)NC1CCC(NC(=O)OC(C)(C)C)CC1.I. The summed E-state index contributed by atoms with van der Waals surface area (Å²) in [5.74, 6) is 1.79. The molecule has 1 aliphatic carbocycles. The molecule has 2 rings (SSSR count). The third-order valence-electron chi connectivity index (χ3n) is 4.34. The van der Waals surface area contributed by atoms with Gasteiger partial charge in [-0.3, -0.25) is 4.99 Å². The van der Waals surface area contributed by atoms with E-state index in [0.717, 1.165) is 50.4 Å². The Balaban J connectivity index is 0.00000392. The van der Waals surface area contributed by atoms with Crippen LogP contribution in [0.5, 0.6) is 0 Å². The first-order valence-corrected chi connectivity index (χ1v) is 9.92.